The van der Waals surface area contributed by atoms with E-state index in [0.717, 1.165) is 0 Å². The van der Waals surface area contributed by atoms with Crippen molar-refractivity contribution in [3.8, 4) is 39.2 Å². The number of thiophene rings is 1. The summed E-state index contributed by atoms with van der Waals surface area (Å²) in [5, 5.41) is 2.63. The van der Waals surface area contributed by atoms with Gasteiger partial charge in [-0.25, -0.2) is 0 Å². The van der Waals surface area contributed by atoms with Crippen LogP contribution in [0.1, 0.15) is 51.3 Å². The lowest BCUT2D eigenvalue weighted by molar-refractivity contribution is 0.590. The molecule has 2 nitrogen and oxygen atoms in total. The molecule has 9 aromatic rings. The van der Waals surface area contributed by atoms with Crippen LogP contribution in [0.2, 0.25) is 0 Å². The number of aromatic nitrogens is 1. The third-order valence-electron chi connectivity index (χ3n) is 13.1. The van der Waals surface area contributed by atoms with E-state index >= 15 is 0 Å². The van der Waals surface area contributed by atoms with E-state index in [-0.39, 0.29) is 17.5 Å². The van der Waals surface area contributed by atoms with E-state index in [1.807, 2.05) is 11.3 Å². The molecule has 7 aromatic carbocycles. The normalized spacial score (nSPS) is 14.5. The Kier molecular flexibility index (Phi) is 6.67. The molecule has 0 N–H and O–H groups in total. The minimum Gasteiger partial charge on any atom is -0.310 e. The molecule has 0 saturated heterocycles. The zero-order chi connectivity index (χ0) is 38.4. The molecule has 4 heterocycles. The lowest BCUT2D eigenvalue weighted by Crippen LogP contribution is -2.59. The molecular formula is C53H41BN2S. The van der Waals surface area contributed by atoms with Gasteiger partial charge in [-0.3, -0.25) is 0 Å². The average Bonchev–Trinajstić information content (AvgIpc) is 3.85. The van der Waals surface area contributed by atoms with Crippen LogP contribution >= 0.6 is 11.3 Å². The average molecular weight is 749 g/mol. The molecule has 3 aliphatic rings. The predicted octanol–water partition coefficient (Wildman–Crippen LogP) is 12.4. The zero-order valence-electron chi connectivity index (χ0n) is 32.9. The molecule has 0 unspecified atom stereocenters. The lowest BCUT2D eigenvalue weighted by Gasteiger charge is -2.39. The summed E-state index contributed by atoms with van der Waals surface area (Å²) in [6, 6.07) is 59.6. The summed E-state index contributed by atoms with van der Waals surface area (Å²) in [7, 11) is 0. The first-order valence-electron chi connectivity index (χ1n) is 20.2. The second-order valence-electron chi connectivity index (χ2n) is 17.7. The highest BCUT2D eigenvalue weighted by molar-refractivity contribution is 7.33. The molecule has 0 spiro atoms. The highest BCUT2D eigenvalue weighted by atomic mass is 32.1. The highest BCUT2D eigenvalue weighted by Gasteiger charge is 2.45. The van der Waals surface area contributed by atoms with E-state index in [1.54, 1.807) is 0 Å². The van der Waals surface area contributed by atoms with Gasteiger partial charge in [0.05, 0.1) is 11.4 Å². The summed E-state index contributed by atoms with van der Waals surface area (Å²) in [5.41, 5.74) is 21.0. The Morgan fingerprint density at radius 3 is 2.04 bits per heavy atom. The van der Waals surface area contributed by atoms with Crippen molar-refractivity contribution in [1.82, 2.24) is 4.57 Å². The van der Waals surface area contributed by atoms with Crippen LogP contribution < -0.4 is 20.6 Å². The summed E-state index contributed by atoms with van der Waals surface area (Å²) in [6.07, 6.45) is 0. The predicted molar refractivity (Wildman–Crippen MR) is 245 cm³/mol. The Morgan fingerprint density at radius 2 is 1.28 bits per heavy atom. The molecule has 2 aliphatic heterocycles. The summed E-state index contributed by atoms with van der Waals surface area (Å²) in [6.45, 7) is 11.8. The van der Waals surface area contributed by atoms with Gasteiger partial charge < -0.3 is 9.47 Å². The first-order valence-corrected chi connectivity index (χ1v) is 21.0. The first-order chi connectivity index (χ1) is 27.7. The van der Waals surface area contributed by atoms with E-state index in [4.69, 9.17) is 0 Å². The molecule has 0 saturated carbocycles. The molecule has 0 atom stereocenters. The fraction of sp³-hybridized carbons (Fsp3) is 0.132. The molecule has 0 fully saturated rings. The third kappa shape index (κ3) is 4.42. The number of hydrogen-bond donors (Lipinski definition) is 0. The minimum atomic E-state index is -0.0673. The van der Waals surface area contributed by atoms with E-state index in [0.29, 0.717) is 0 Å². The van der Waals surface area contributed by atoms with Crippen LogP contribution in [0.5, 0.6) is 0 Å². The van der Waals surface area contributed by atoms with Crippen LogP contribution in [0.4, 0.5) is 17.1 Å². The van der Waals surface area contributed by atoms with Crippen LogP contribution in [-0.2, 0) is 10.8 Å². The monoisotopic (exact) mass is 748 g/mol. The summed E-state index contributed by atoms with van der Waals surface area (Å²) >= 11 is 2.00. The van der Waals surface area contributed by atoms with Gasteiger partial charge in [0.25, 0.3) is 6.71 Å². The van der Waals surface area contributed by atoms with E-state index in [1.165, 1.54) is 110 Å². The number of hydrogen-bond acceptors (Lipinski definition) is 2. The maximum absolute atomic E-state index is 2.60. The van der Waals surface area contributed by atoms with Gasteiger partial charge in [0.1, 0.15) is 0 Å². The number of nitrogens with zero attached hydrogens (tertiary/aromatic N) is 2. The Morgan fingerprint density at radius 1 is 0.596 bits per heavy atom. The number of rotatable bonds is 3. The molecule has 2 aromatic heterocycles. The largest absolute Gasteiger partial charge is 0.310 e. The van der Waals surface area contributed by atoms with Crippen molar-refractivity contribution >= 4 is 71.8 Å². The van der Waals surface area contributed by atoms with Crippen LogP contribution in [0.3, 0.4) is 0 Å². The standard InChI is InChI=1S/C53H41BN2S/c1-52(2,3)34-26-28-35(29-27-34)55-43-24-15-25-44-47(43)54(51-50(55)39-30-38-36-20-12-13-22-40(36)53(4,5)41(38)31-45(39)57-51)42-23-14-21-37-46(32-16-8-6-9-17-32)48(56(44)49(37)42)33-18-10-7-11-19-33/h6-31H,1-5H3. The van der Waals surface area contributed by atoms with Crippen molar-refractivity contribution in [1.29, 1.82) is 0 Å². The Balaban J connectivity index is 1.21. The topological polar surface area (TPSA) is 8.17 Å². The number of benzene rings is 7. The van der Waals surface area contributed by atoms with Crippen molar-refractivity contribution in [2.45, 2.75) is 45.4 Å². The highest BCUT2D eigenvalue weighted by Crippen LogP contribution is 2.54. The molecule has 0 amide bonds. The van der Waals surface area contributed by atoms with Gasteiger partial charge in [-0.15, -0.1) is 11.3 Å². The second kappa shape index (κ2) is 11.5. The van der Waals surface area contributed by atoms with E-state index in [9.17, 15) is 0 Å². The quantitative estimate of drug-likeness (QED) is 0.163. The Labute approximate surface area is 338 Å². The van der Waals surface area contributed by atoms with Crippen LogP contribution in [0.15, 0.2) is 158 Å². The minimum absolute atomic E-state index is 0.0617. The van der Waals surface area contributed by atoms with Gasteiger partial charge in [-0.05, 0) is 91.7 Å². The van der Waals surface area contributed by atoms with Crippen molar-refractivity contribution in [3.05, 3.63) is 174 Å². The van der Waals surface area contributed by atoms with Gasteiger partial charge >= 0.3 is 0 Å². The fourth-order valence-electron chi connectivity index (χ4n) is 10.5. The molecular weight excluding hydrogens is 707 g/mol. The zero-order valence-corrected chi connectivity index (χ0v) is 33.7. The molecule has 0 radical (unpaired) electrons. The summed E-state index contributed by atoms with van der Waals surface area (Å²) in [5.74, 6) is 0. The molecule has 272 valence electrons. The number of fused-ring (bicyclic) bond motifs is 9. The van der Waals surface area contributed by atoms with Crippen molar-refractivity contribution in [2.75, 3.05) is 4.90 Å². The maximum atomic E-state index is 2.60. The Bertz CT molecular complexity index is 3130. The molecule has 1 aliphatic carbocycles. The SMILES string of the molecule is CC(C)(C)c1ccc(N2c3cccc4c3B(c3sc5cc6c(cc5c32)-c2ccccc2C6(C)C)c2cccc3c(-c5ccccc5)c(-c5ccccc5)n-4c23)cc1. The molecule has 12 rings (SSSR count). The van der Waals surface area contributed by atoms with Crippen molar-refractivity contribution < 1.29 is 0 Å². The van der Waals surface area contributed by atoms with Crippen molar-refractivity contribution in [3.63, 3.8) is 0 Å². The first kappa shape index (κ1) is 33.1. The van der Waals surface area contributed by atoms with Crippen LogP contribution in [-0.4, -0.2) is 11.3 Å². The smallest absolute Gasteiger partial charge is 0.264 e. The third-order valence-corrected chi connectivity index (χ3v) is 14.3. The van der Waals surface area contributed by atoms with Gasteiger partial charge in [0.15, 0.2) is 0 Å². The van der Waals surface area contributed by atoms with Crippen LogP contribution in [0.25, 0.3) is 60.2 Å². The lowest BCUT2D eigenvalue weighted by atomic mass is 9.36. The number of para-hydroxylation sites is 1. The van der Waals surface area contributed by atoms with Gasteiger partial charge in [-0.1, -0.05) is 156 Å². The van der Waals surface area contributed by atoms with Crippen LogP contribution in [0, 0.1) is 0 Å². The molecule has 0 bridgehead atoms. The second-order valence-corrected chi connectivity index (χ2v) is 18.8. The fourth-order valence-corrected chi connectivity index (χ4v) is 11.8. The van der Waals surface area contributed by atoms with Gasteiger partial charge in [0, 0.05) is 53.8 Å². The summed E-state index contributed by atoms with van der Waals surface area (Å²) < 4.78 is 5.38. The molecule has 57 heavy (non-hydrogen) atoms. The summed E-state index contributed by atoms with van der Waals surface area (Å²) in [4.78, 5) is 2.60. The van der Waals surface area contributed by atoms with E-state index < -0.39 is 0 Å². The van der Waals surface area contributed by atoms with Crippen molar-refractivity contribution in [2.24, 2.45) is 0 Å². The molecule has 4 heteroatoms. The number of anilines is 3. The maximum Gasteiger partial charge on any atom is 0.264 e. The van der Waals surface area contributed by atoms with E-state index in [2.05, 4.69) is 202 Å². The van der Waals surface area contributed by atoms with Gasteiger partial charge in [0.2, 0.25) is 0 Å². The van der Waals surface area contributed by atoms with Gasteiger partial charge in [-0.2, -0.15) is 0 Å². The Hall–Kier alpha value is -6.10.